The molecule has 0 radical (unpaired) electrons. The maximum atomic E-state index is 2.53. The zero-order valence-electron chi connectivity index (χ0n) is 45.3. The Morgan fingerprint density at radius 3 is 1.29 bits per heavy atom. The van der Waals surface area contributed by atoms with Crippen molar-refractivity contribution in [3.8, 4) is 44.8 Å². The van der Waals surface area contributed by atoms with Crippen LogP contribution >= 0.6 is 0 Å². The molecule has 2 aliphatic carbocycles. The Morgan fingerprint density at radius 2 is 0.675 bits per heavy atom. The molecule has 0 N–H and O–H groups in total. The number of aromatic nitrogens is 2. The van der Waals surface area contributed by atoms with E-state index in [9.17, 15) is 0 Å². The van der Waals surface area contributed by atoms with Gasteiger partial charge in [0.05, 0.1) is 38.6 Å². The molecular weight excluding hydrogens is 1000 g/mol. The normalized spacial score (nSPS) is 14.9. The summed E-state index contributed by atoms with van der Waals surface area (Å²) in [5.74, 6) is 0. The fraction of sp³-hybridized carbons (Fsp3) is 0.0250. The van der Waals surface area contributed by atoms with Gasteiger partial charge in [0, 0.05) is 44.3 Å². The summed E-state index contributed by atoms with van der Waals surface area (Å²) in [5.41, 5.74) is 27.2. The average Bonchev–Trinajstić information content (AvgIpc) is 2.28. The molecule has 3 aliphatic rings. The van der Waals surface area contributed by atoms with Gasteiger partial charge in [0.15, 0.2) is 0 Å². The minimum Gasteiger partial charge on any atom is -0.310 e. The highest BCUT2D eigenvalue weighted by Gasteiger charge is 2.51. The van der Waals surface area contributed by atoms with Crippen molar-refractivity contribution in [2.24, 2.45) is 0 Å². The number of fused-ring (bicyclic) bond motifs is 18. The van der Waals surface area contributed by atoms with Gasteiger partial charge in [0.1, 0.15) is 0 Å². The van der Waals surface area contributed by atoms with Gasteiger partial charge in [-0.15, -0.1) is 0 Å². The highest BCUT2D eigenvalue weighted by molar-refractivity contribution is 6.13. The van der Waals surface area contributed by atoms with Crippen molar-refractivity contribution in [1.82, 2.24) is 9.13 Å². The van der Waals surface area contributed by atoms with Crippen LogP contribution in [-0.2, 0) is 10.8 Å². The smallest absolute Gasteiger partial charge is 0.0755 e. The molecule has 15 aromatic rings. The second kappa shape index (κ2) is 17.4. The van der Waals surface area contributed by atoms with Crippen LogP contribution in [0.3, 0.4) is 0 Å². The molecule has 3 heteroatoms. The molecule has 83 heavy (non-hydrogen) atoms. The molecule has 0 fully saturated rings. The molecule has 18 rings (SSSR count). The van der Waals surface area contributed by atoms with E-state index in [1.54, 1.807) is 0 Å². The van der Waals surface area contributed by atoms with Crippen LogP contribution in [0.5, 0.6) is 0 Å². The van der Waals surface area contributed by atoms with Crippen LogP contribution in [0.4, 0.5) is 17.1 Å². The average molecular weight is 1050 g/mol. The maximum Gasteiger partial charge on any atom is 0.0755 e. The molecule has 386 valence electrons. The van der Waals surface area contributed by atoms with Crippen molar-refractivity contribution in [1.29, 1.82) is 0 Å². The van der Waals surface area contributed by atoms with Crippen molar-refractivity contribution in [2.45, 2.75) is 10.8 Å². The van der Waals surface area contributed by atoms with E-state index in [2.05, 4.69) is 323 Å². The number of hydrogen-bond acceptors (Lipinski definition) is 1. The van der Waals surface area contributed by atoms with Crippen molar-refractivity contribution in [3.05, 3.63) is 354 Å². The minimum absolute atomic E-state index is 0.514. The fourth-order valence-corrected chi connectivity index (χ4v) is 15.5. The van der Waals surface area contributed by atoms with Gasteiger partial charge in [-0.3, -0.25) is 0 Å². The molecule has 1 aliphatic heterocycles. The van der Waals surface area contributed by atoms with Crippen molar-refractivity contribution < 1.29 is 0 Å². The molecular formula is C80H51N3. The molecule has 2 aromatic heterocycles. The third-order valence-corrected chi connectivity index (χ3v) is 18.8. The Labute approximate surface area is 481 Å². The summed E-state index contributed by atoms with van der Waals surface area (Å²) in [6.45, 7) is 0. The molecule has 3 heterocycles. The zero-order chi connectivity index (χ0) is 54.4. The van der Waals surface area contributed by atoms with E-state index in [1.807, 2.05) is 0 Å². The molecule has 0 saturated carbocycles. The van der Waals surface area contributed by atoms with Gasteiger partial charge in [0.25, 0.3) is 0 Å². The highest BCUT2D eigenvalue weighted by atomic mass is 15.1. The first-order valence-corrected chi connectivity index (χ1v) is 28.9. The third kappa shape index (κ3) is 6.18. The quantitative estimate of drug-likeness (QED) is 0.155. The van der Waals surface area contributed by atoms with Crippen molar-refractivity contribution in [3.63, 3.8) is 0 Å². The number of hydrogen-bond donors (Lipinski definition) is 0. The predicted molar refractivity (Wildman–Crippen MR) is 343 cm³/mol. The lowest BCUT2D eigenvalue weighted by Crippen LogP contribution is -2.33. The largest absolute Gasteiger partial charge is 0.310 e. The molecule has 13 aromatic carbocycles. The Balaban J connectivity index is 0.827. The first-order valence-electron chi connectivity index (χ1n) is 28.9. The van der Waals surface area contributed by atoms with E-state index in [0.29, 0.717) is 0 Å². The number of benzene rings is 13. The molecule has 0 bridgehead atoms. The predicted octanol–water partition coefficient (Wildman–Crippen LogP) is 20.1. The highest BCUT2D eigenvalue weighted by Crippen LogP contribution is 2.62. The topological polar surface area (TPSA) is 13.1 Å². The van der Waals surface area contributed by atoms with E-state index in [4.69, 9.17) is 0 Å². The van der Waals surface area contributed by atoms with Gasteiger partial charge in [-0.2, -0.15) is 0 Å². The van der Waals surface area contributed by atoms with Gasteiger partial charge >= 0.3 is 0 Å². The Kier molecular flexibility index (Phi) is 9.64. The number of para-hydroxylation sites is 5. The second-order valence-corrected chi connectivity index (χ2v) is 22.6. The number of rotatable bonds is 7. The van der Waals surface area contributed by atoms with Crippen LogP contribution in [0, 0.1) is 0 Å². The summed E-state index contributed by atoms with van der Waals surface area (Å²) in [7, 11) is 0. The van der Waals surface area contributed by atoms with E-state index >= 15 is 0 Å². The number of nitrogens with zero attached hydrogens (tertiary/aromatic N) is 3. The first kappa shape index (κ1) is 46.1. The first-order chi connectivity index (χ1) is 41.2. The second-order valence-electron chi connectivity index (χ2n) is 22.6. The lowest BCUT2D eigenvalue weighted by molar-refractivity contribution is 0.748. The Bertz CT molecular complexity index is 5040. The molecule has 3 nitrogen and oxygen atoms in total. The van der Waals surface area contributed by atoms with Crippen LogP contribution in [0.25, 0.3) is 88.4 Å². The maximum absolute atomic E-state index is 2.53. The summed E-state index contributed by atoms with van der Waals surface area (Å²) in [6.07, 6.45) is 0. The molecule has 0 saturated heterocycles. The minimum atomic E-state index is -0.599. The zero-order valence-corrected chi connectivity index (χ0v) is 45.3. The van der Waals surface area contributed by atoms with Gasteiger partial charge in [-0.25, -0.2) is 0 Å². The molecule has 1 atom stereocenters. The third-order valence-electron chi connectivity index (χ3n) is 18.8. The van der Waals surface area contributed by atoms with Gasteiger partial charge in [-0.1, -0.05) is 237 Å². The summed E-state index contributed by atoms with van der Waals surface area (Å²) >= 11 is 0. The van der Waals surface area contributed by atoms with Crippen molar-refractivity contribution in [2.75, 3.05) is 4.90 Å². The monoisotopic (exact) mass is 1050 g/mol. The molecule has 1 unspecified atom stereocenters. The van der Waals surface area contributed by atoms with Crippen molar-refractivity contribution >= 4 is 60.7 Å². The number of anilines is 3. The molecule has 0 amide bonds. The SMILES string of the molecule is c1ccc(C2(c3ccc(N(c4ccc(-c5ccc(-n6c7ccccc7c7ccccc76)cc5)cc4)c4ccc5c(c4)C4(c6ccccc6-5)c5ccccc5-n5c6ccccc6c6cccc4c65)cc3)c3ccccc3-c3ccccc32)cc1. The van der Waals surface area contributed by atoms with Gasteiger partial charge in [0.2, 0.25) is 0 Å². The summed E-state index contributed by atoms with van der Waals surface area (Å²) in [6, 6.07) is 116. The summed E-state index contributed by atoms with van der Waals surface area (Å²) in [4.78, 5) is 2.48. The summed E-state index contributed by atoms with van der Waals surface area (Å²) in [5, 5.41) is 5.07. The standard InChI is InChI=1S/C80H51N3/c1-2-19-54(20-3-1)79(68-28-10-4-21-60(68)61-22-5-11-29-69(61)79)55-41-47-57(48-42-55)81(56-43-37-52(38-44-56)53-39-45-58(46-40-53)82-74-33-14-7-24-64(74)65-25-8-15-34-75(65)82)59-49-50-63-62-23-6-12-30-70(62)80(73(63)51-59)71-31-13-17-36-77(71)83-76-35-16-9-26-66(76)67-27-18-32-72(80)78(67)83/h1-51H. The molecule has 1 spiro atoms. The van der Waals surface area contributed by atoms with Gasteiger partial charge in [-0.05, 0) is 151 Å². The fourth-order valence-electron chi connectivity index (χ4n) is 15.5. The van der Waals surface area contributed by atoms with E-state index in [1.165, 1.54) is 122 Å². The lowest BCUT2D eigenvalue weighted by Gasteiger charge is -2.40. The van der Waals surface area contributed by atoms with E-state index in [-0.39, 0.29) is 0 Å². The van der Waals surface area contributed by atoms with Crippen LogP contribution in [-0.4, -0.2) is 9.13 Å². The van der Waals surface area contributed by atoms with Gasteiger partial charge < -0.3 is 14.0 Å². The summed E-state index contributed by atoms with van der Waals surface area (Å²) < 4.78 is 4.92. The van der Waals surface area contributed by atoms with Crippen LogP contribution < -0.4 is 4.90 Å². The Morgan fingerprint density at radius 1 is 0.253 bits per heavy atom. The van der Waals surface area contributed by atoms with Crippen LogP contribution in [0.1, 0.15) is 44.5 Å². The lowest BCUT2D eigenvalue weighted by atomic mass is 9.65. The van der Waals surface area contributed by atoms with E-state index in [0.717, 1.165) is 28.3 Å². The Hall–Kier alpha value is -10.7. The van der Waals surface area contributed by atoms with Crippen LogP contribution in [0.2, 0.25) is 0 Å². The van der Waals surface area contributed by atoms with Crippen LogP contribution in [0.15, 0.2) is 309 Å². The van der Waals surface area contributed by atoms with E-state index < -0.39 is 10.8 Å².